The Balaban J connectivity index is 2.80. The smallest absolute Gasteiger partial charge is 0.423 e. The number of fused-ring (bicyclic) bond motifs is 1. The van der Waals surface area contributed by atoms with Crippen LogP contribution in [0.2, 0.25) is 0 Å². The third-order valence-electron chi connectivity index (χ3n) is 2.61. The van der Waals surface area contributed by atoms with Crippen molar-refractivity contribution in [3.63, 3.8) is 0 Å². The SMILES string of the molecule is C=Cc1c(/C=C\C)sc2c(B(O)O)cccc12. The lowest BCUT2D eigenvalue weighted by atomic mass is 9.79. The molecule has 0 amide bonds. The predicted octanol–water partition coefficient (Wildman–Crippen LogP) is 2.26. The van der Waals surface area contributed by atoms with Crippen LogP contribution < -0.4 is 5.46 Å². The van der Waals surface area contributed by atoms with Crippen LogP contribution in [0.4, 0.5) is 0 Å². The normalized spacial score (nSPS) is 11.2. The van der Waals surface area contributed by atoms with E-state index >= 15 is 0 Å². The molecule has 2 aromatic rings. The fraction of sp³-hybridized carbons (Fsp3) is 0.0769. The number of hydrogen-bond acceptors (Lipinski definition) is 3. The molecule has 1 aromatic heterocycles. The van der Waals surface area contributed by atoms with Gasteiger partial charge in [-0.1, -0.05) is 36.9 Å². The number of hydrogen-bond donors (Lipinski definition) is 2. The van der Waals surface area contributed by atoms with Gasteiger partial charge in [-0.3, -0.25) is 0 Å². The number of thiophene rings is 1. The molecule has 0 aliphatic rings. The molecule has 2 rings (SSSR count). The minimum atomic E-state index is -1.44. The Kier molecular flexibility index (Phi) is 3.47. The van der Waals surface area contributed by atoms with E-state index < -0.39 is 7.12 Å². The van der Waals surface area contributed by atoms with Gasteiger partial charge in [0.2, 0.25) is 0 Å². The van der Waals surface area contributed by atoms with Gasteiger partial charge >= 0.3 is 7.12 Å². The standard InChI is InChI=1S/C13H13BO2S/c1-3-6-12-9(4-2)10-7-5-8-11(14(15)16)13(10)17-12/h3-8,15-16H,2H2,1H3/b6-3-. The summed E-state index contributed by atoms with van der Waals surface area (Å²) in [5.74, 6) is 0. The summed E-state index contributed by atoms with van der Waals surface area (Å²) >= 11 is 1.55. The Morgan fingerprint density at radius 1 is 1.35 bits per heavy atom. The molecule has 2 nitrogen and oxygen atoms in total. The van der Waals surface area contributed by atoms with Crippen LogP contribution >= 0.6 is 11.3 Å². The highest BCUT2D eigenvalue weighted by Gasteiger charge is 2.18. The molecule has 0 saturated carbocycles. The average molecular weight is 244 g/mol. The lowest BCUT2D eigenvalue weighted by Crippen LogP contribution is -2.29. The molecule has 86 valence electrons. The second kappa shape index (κ2) is 4.88. The fourth-order valence-electron chi connectivity index (χ4n) is 1.87. The summed E-state index contributed by atoms with van der Waals surface area (Å²) in [6.45, 7) is 5.78. The lowest BCUT2D eigenvalue weighted by Gasteiger charge is -2.00. The Morgan fingerprint density at radius 3 is 2.71 bits per heavy atom. The summed E-state index contributed by atoms with van der Waals surface area (Å²) < 4.78 is 0.908. The maximum atomic E-state index is 9.34. The van der Waals surface area contributed by atoms with E-state index in [2.05, 4.69) is 6.58 Å². The van der Waals surface area contributed by atoms with Gasteiger partial charge in [0, 0.05) is 9.58 Å². The first-order valence-electron chi connectivity index (χ1n) is 5.35. The Bertz CT molecular complexity index is 584. The molecule has 0 fully saturated rings. The zero-order valence-corrected chi connectivity index (χ0v) is 10.4. The van der Waals surface area contributed by atoms with Gasteiger partial charge in [0.05, 0.1) is 0 Å². The van der Waals surface area contributed by atoms with Crippen LogP contribution in [0.15, 0.2) is 30.9 Å². The molecule has 0 radical (unpaired) electrons. The summed E-state index contributed by atoms with van der Waals surface area (Å²) in [6.07, 6.45) is 5.78. The maximum absolute atomic E-state index is 9.34. The molecule has 1 aromatic carbocycles. The monoisotopic (exact) mass is 244 g/mol. The van der Waals surface area contributed by atoms with Crippen LogP contribution in [0.3, 0.4) is 0 Å². The minimum absolute atomic E-state index is 0.548. The minimum Gasteiger partial charge on any atom is -0.423 e. The van der Waals surface area contributed by atoms with Crippen molar-refractivity contribution in [2.75, 3.05) is 0 Å². The summed E-state index contributed by atoms with van der Waals surface area (Å²) in [4.78, 5) is 1.09. The van der Waals surface area contributed by atoms with E-state index in [0.29, 0.717) is 5.46 Å². The molecule has 0 spiro atoms. The van der Waals surface area contributed by atoms with Crippen LogP contribution in [0, 0.1) is 0 Å². The highest BCUT2D eigenvalue weighted by molar-refractivity contribution is 7.21. The summed E-state index contributed by atoms with van der Waals surface area (Å²) in [5, 5.41) is 19.7. The van der Waals surface area contributed by atoms with Gasteiger partial charge in [-0.2, -0.15) is 0 Å². The molecule has 0 bridgehead atoms. The van der Waals surface area contributed by atoms with E-state index in [1.165, 1.54) is 0 Å². The molecule has 0 aliphatic heterocycles. The first-order valence-corrected chi connectivity index (χ1v) is 6.17. The number of rotatable bonds is 3. The van der Waals surface area contributed by atoms with Crippen molar-refractivity contribution in [1.29, 1.82) is 0 Å². The second-order valence-corrected chi connectivity index (χ2v) is 4.73. The van der Waals surface area contributed by atoms with Gasteiger partial charge in [0.15, 0.2) is 0 Å². The summed E-state index contributed by atoms with van der Waals surface area (Å²) in [7, 11) is -1.44. The van der Waals surface area contributed by atoms with Gasteiger partial charge in [-0.25, -0.2) is 0 Å². The number of allylic oxidation sites excluding steroid dienone is 1. The molecule has 1 heterocycles. The highest BCUT2D eigenvalue weighted by atomic mass is 32.1. The van der Waals surface area contributed by atoms with Crippen molar-refractivity contribution in [2.45, 2.75) is 6.92 Å². The van der Waals surface area contributed by atoms with Crippen LogP contribution in [0.5, 0.6) is 0 Å². The first-order chi connectivity index (χ1) is 8.19. The topological polar surface area (TPSA) is 40.5 Å². The maximum Gasteiger partial charge on any atom is 0.489 e. The number of benzene rings is 1. The van der Waals surface area contributed by atoms with Crippen molar-refractivity contribution in [2.24, 2.45) is 0 Å². The van der Waals surface area contributed by atoms with Crippen LogP contribution in [-0.2, 0) is 0 Å². The molecule has 2 N–H and O–H groups in total. The van der Waals surface area contributed by atoms with Gasteiger partial charge in [-0.05, 0) is 29.4 Å². The van der Waals surface area contributed by atoms with E-state index in [-0.39, 0.29) is 0 Å². The summed E-state index contributed by atoms with van der Waals surface area (Å²) in [6, 6.07) is 5.54. The molecular formula is C13H13BO2S. The zero-order chi connectivity index (χ0) is 12.4. The summed E-state index contributed by atoms with van der Waals surface area (Å²) in [5.41, 5.74) is 1.59. The van der Waals surface area contributed by atoms with Crippen LogP contribution in [-0.4, -0.2) is 17.2 Å². The largest absolute Gasteiger partial charge is 0.489 e. The van der Waals surface area contributed by atoms with Crippen molar-refractivity contribution in [3.05, 3.63) is 41.3 Å². The molecule has 0 aliphatic carbocycles. The molecule has 0 atom stereocenters. The van der Waals surface area contributed by atoms with Crippen molar-refractivity contribution >= 4 is 46.2 Å². The first kappa shape index (κ1) is 12.1. The molecule has 0 saturated heterocycles. The van der Waals surface area contributed by atoms with E-state index in [9.17, 15) is 10.0 Å². The Labute approximate surface area is 105 Å². The van der Waals surface area contributed by atoms with E-state index in [4.69, 9.17) is 0 Å². The zero-order valence-electron chi connectivity index (χ0n) is 9.55. The Hall–Kier alpha value is -1.36. The third-order valence-corrected chi connectivity index (χ3v) is 3.85. The predicted molar refractivity (Wildman–Crippen MR) is 76.4 cm³/mol. The Morgan fingerprint density at radius 2 is 2.12 bits per heavy atom. The average Bonchev–Trinajstić information content (AvgIpc) is 2.66. The fourth-order valence-corrected chi connectivity index (χ4v) is 3.17. The van der Waals surface area contributed by atoms with E-state index in [0.717, 1.165) is 20.5 Å². The van der Waals surface area contributed by atoms with Gasteiger partial charge < -0.3 is 10.0 Å². The molecular weight excluding hydrogens is 231 g/mol. The van der Waals surface area contributed by atoms with E-state index in [1.54, 1.807) is 17.4 Å². The molecule has 17 heavy (non-hydrogen) atoms. The highest BCUT2D eigenvalue weighted by Crippen LogP contribution is 2.32. The van der Waals surface area contributed by atoms with Gasteiger partial charge in [0.25, 0.3) is 0 Å². The second-order valence-electron chi connectivity index (χ2n) is 3.68. The quantitative estimate of drug-likeness (QED) is 0.813. The van der Waals surface area contributed by atoms with Crippen molar-refractivity contribution in [1.82, 2.24) is 0 Å². The van der Waals surface area contributed by atoms with Gasteiger partial charge in [-0.15, -0.1) is 11.3 Å². The van der Waals surface area contributed by atoms with Crippen LogP contribution in [0.25, 0.3) is 22.2 Å². The molecule has 4 heteroatoms. The lowest BCUT2D eigenvalue weighted by molar-refractivity contribution is 0.426. The van der Waals surface area contributed by atoms with Crippen molar-refractivity contribution < 1.29 is 10.0 Å². The third kappa shape index (κ3) is 2.07. The van der Waals surface area contributed by atoms with Crippen molar-refractivity contribution in [3.8, 4) is 0 Å². The molecule has 0 unspecified atom stereocenters. The van der Waals surface area contributed by atoms with Gasteiger partial charge in [0.1, 0.15) is 0 Å². The van der Waals surface area contributed by atoms with Crippen LogP contribution in [0.1, 0.15) is 17.4 Å². The van der Waals surface area contributed by atoms with E-state index in [1.807, 2.05) is 37.3 Å².